The summed E-state index contributed by atoms with van der Waals surface area (Å²) in [6.07, 6.45) is 0. The van der Waals surface area contributed by atoms with Crippen LogP contribution in [-0.2, 0) is 31.3 Å². The zero-order valence-electron chi connectivity index (χ0n) is 15.4. The van der Waals surface area contributed by atoms with Crippen molar-refractivity contribution in [2.45, 2.75) is 52.4 Å². The number of benzene rings is 1. The van der Waals surface area contributed by atoms with E-state index in [9.17, 15) is 0 Å². The van der Waals surface area contributed by atoms with Crippen LogP contribution in [0.3, 0.4) is 0 Å². The van der Waals surface area contributed by atoms with E-state index in [4.69, 9.17) is 9.97 Å². The van der Waals surface area contributed by atoms with Gasteiger partial charge in [-0.25, -0.2) is 9.97 Å². The van der Waals surface area contributed by atoms with Crippen molar-refractivity contribution in [3.8, 4) is 0 Å². The van der Waals surface area contributed by atoms with Crippen LogP contribution < -0.4 is 24.8 Å². The van der Waals surface area contributed by atoms with Gasteiger partial charge in [-0.05, 0) is 12.1 Å². The van der Waals surface area contributed by atoms with Crippen molar-refractivity contribution in [1.29, 1.82) is 0 Å². The van der Waals surface area contributed by atoms with Crippen molar-refractivity contribution in [1.82, 2.24) is 9.97 Å². The maximum absolute atomic E-state index is 4.94. The summed E-state index contributed by atoms with van der Waals surface area (Å²) in [5.74, 6) is 0. The smallest absolute Gasteiger partial charge is 1.00 e. The van der Waals surface area contributed by atoms with Crippen molar-refractivity contribution in [3.63, 3.8) is 0 Å². The van der Waals surface area contributed by atoms with E-state index in [-0.39, 0.29) is 56.1 Å². The Kier molecular flexibility index (Phi) is 8.08. The molecule has 0 saturated carbocycles. The molecule has 2 heterocycles. The molecule has 0 fully saturated rings. The van der Waals surface area contributed by atoms with Crippen LogP contribution in [0.15, 0.2) is 36.4 Å². The molecule has 2 nitrogen and oxygen atoms in total. The fourth-order valence-corrected chi connectivity index (χ4v) is 2.60. The maximum atomic E-state index is 4.94. The van der Waals surface area contributed by atoms with E-state index in [2.05, 4.69) is 77.9 Å². The maximum Gasteiger partial charge on any atom is 2.00 e. The third-order valence-electron chi connectivity index (χ3n) is 4.06. The quantitative estimate of drug-likeness (QED) is 0.324. The Morgan fingerprint density at radius 2 is 0.840 bits per heavy atom. The molecule has 0 amide bonds. The fraction of sp³-hybridized carbons (Fsp3) is 0.400. The first-order valence-electron chi connectivity index (χ1n) is 7.88. The average Bonchev–Trinajstić information content (AvgIpc) is 2.44. The monoisotopic (exact) mass is 468 g/mol. The van der Waals surface area contributed by atoms with Crippen LogP contribution in [0.5, 0.6) is 0 Å². The van der Waals surface area contributed by atoms with Gasteiger partial charge in [-0.2, -0.15) is 0 Å². The molecule has 25 heavy (non-hydrogen) atoms. The number of hydrogen-bond donors (Lipinski definition) is 0. The Balaban J connectivity index is 0.00000192. The predicted octanol–water partition coefficient (Wildman–Crippen LogP) is -0.616. The standard InChI is InChI=1S/C20H24N2.2ClH.Pd/c1-19(2,3)15-11-9-13-7-8-14-10-12-16(20(4,5)6)22-18(14)17(13)21-15;;;/h7-12H,1-6H3;2*1H;/q;;;+2/p-2. The summed E-state index contributed by atoms with van der Waals surface area (Å²) >= 11 is 0. The minimum atomic E-state index is 0. The molecule has 0 saturated heterocycles. The SMILES string of the molecule is CC(C)(C)c1ccc2ccc3ccc(C(C)(C)C)nc3c2n1.[Cl-].[Cl-].[Pd+2]. The van der Waals surface area contributed by atoms with E-state index < -0.39 is 0 Å². The van der Waals surface area contributed by atoms with Gasteiger partial charge in [0.05, 0.1) is 11.0 Å². The van der Waals surface area contributed by atoms with Crippen LogP contribution >= 0.6 is 0 Å². The first-order chi connectivity index (χ1) is 10.2. The van der Waals surface area contributed by atoms with Crippen molar-refractivity contribution < 1.29 is 45.2 Å². The summed E-state index contributed by atoms with van der Waals surface area (Å²) < 4.78 is 0. The molecule has 3 rings (SSSR count). The number of nitrogens with zero attached hydrogens (tertiary/aromatic N) is 2. The third-order valence-corrected chi connectivity index (χ3v) is 4.06. The van der Waals surface area contributed by atoms with Crippen molar-refractivity contribution in [3.05, 3.63) is 47.8 Å². The van der Waals surface area contributed by atoms with E-state index in [1.165, 1.54) is 0 Å². The van der Waals surface area contributed by atoms with Crippen LogP contribution in [0, 0.1) is 0 Å². The van der Waals surface area contributed by atoms with E-state index in [0.29, 0.717) is 0 Å². The minimum Gasteiger partial charge on any atom is -1.00 e. The molecule has 5 heteroatoms. The van der Waals surface area contributed by atoms with Gasteiger partial charge < -0.3 is 24.8 Å². The summed E-state index contributed by atoms with van der Waals surface area (Å²) in [5, 5.41) is 2.30. The summed E-state index contributed by atoms with van der Waals surface area (Å²) in [6.45, 7) is 13.2. The molecular formula is C20H24Cl2N2Pd. The number of halogens is 2. The summed E-state index contributed by atoms with van der Waals surface area (Å²) in [4.78, 5) is 9.87. The molecule has 0 bridgehead atoms. The van der Waals surface area contributed by atoms with Gasteiger partial charge in [0.25, 0.3) is 0 Å². The zero-order valence-corrected chi connectivity index (χ0v) is 18.5. The molecule has 0 unspecified atom stereocenters. The molecule has 138 valence electrons. The Morgan fingerprint density at radius 1 is 0.560 bits per heavy atom. The number of pyridine rings is 2. The number of hydrogen-bond acceptors (Lipinski definition) is 2. The van der Waals surface area contributed by atoms with E-state index in [1.807, 2.05) is 0 Å². The minimum absolute atomic E-state index is 0. The molecule has 0 N–H and O–H groups in total. The zero-order chi connectivity index (χ0) is 16.1. The average molecular weight is 470 g/mol. The van der Waals surface area contributed by atoms with Gasteiger partial charge in [-0.3, -0.25) is 0 Å². The van der Waals surface area contributed by atoms with Gasteiger partial charge in [0.1, 0.15) is 0 Å². The summed E-state index contributed by atoms with van der Waals surface area (Å²) in [6, 6.07) is 12.8. The van der Waals surface area contributed by atoms with Gasteiger partial charge in [-0.1, -0.05) is 65.8 Å². The summed E-state index contributed by atoms with van der Waals surface area (Å²) in [7, 11) is 0. The van der Waals surface area contributed by atoms with Gasteiger partial charge in [0.2, 0.25) is 0 Å². The molecule has 0 atom stereocenters. The van der Waals surface area contributed by atoms with Crippen LogP contribution in [-0.4, -0.2) is 9.97 Å². The molecule has 0 aliphatic carbocycles. The van der Waals surface area contributed by atoms with Gasteiger partial charge in [0.15, 0.2) is 0 Å². The van der Waals surface area contributed by atoms with Crippen molar-refractivity contribution >= 4 is 21.8 Å². The van der Waals surface area contributed by atoms with E-state index >= 15 is 0 Å². The second-order valence-electron chi connectivity index (χ2n) is 8.10. The second-order valence-corrected chi connectivity index (χ2v) is 8.10. The fourth-order valence-electron chi connectivity index (χ4n) is 2.60. The molecular weight excluding hydrogens is 446 g/mol. The van der Waals surface area contributed by atoms with Gasteiger partial charge in [-0.15, -0.1) is 0 Å². The number of aromatic nitrogens is 2. The molecule has 0 aliphatic heterocycles. The third kappa shape index (κ3) is 4.92. The van der Waals surface area contributed by atoms with Crippen LogP contribution in [0.25, 0.3) is 21.8 Å². The van der Waals surface area contributed by atoms with Crippen molar-refractivity contribution in [2.75, 3.05) is 0 Å². The first-order valence-corrected chi connectivity index (χ1v) is 7.88. The molecule has 0 spiro atoms. The van der Waals surface area contributed by atoms with Gasteiger partial charge in [0, 0.05) is 33.0 Å². The van der Waals surface area contributed by atoms with Crippen molar-refractivity contribution in [2.24, 2.45) is 0 Å². The molecule has 0 radical (unpaired) electrons. The Bertz CT molecular complexity index is 792. The Morgan fingerprint density at radius 3 is 1.12 bits per heavy atom. The Labute approximate surface area is 176 Å². The van der Waals surface area contributed by atoms with Crippen LogP contribution in [0.2, 0.25) is 0 Å². The molecule has 2 aromatic heterocycles. The first kappa shape index (κ1) is 24.3. The summed E-state index contributed by atoms with van der Waals surface area (Å²) in [5.41, 5.74) is 4.31. The number of rotatable bonds is 0. The van der Waals surface area contributed by atoms with Gasteiger partial charge >= 0.3 is 20.4 Å². The normalized spacial score (nSPS) is 11.4. The van der Waals surface area contributed by atoms with Crippen LogP contribution in [0.1, 0.15) is 52.9 Å². The molecule has 3 aromatic rings. The van der Waals surface area contributed by atoms with E-state index in [0.717, 1.165) is 33.2 Å². The largest absolute Gasteiger partial charge is 2.00 e. The molecule has 0 aliphatic rings. The molecule has 1 aromatic carbocycles. The second kappa shape index (κ2) is 8.32. The topological polar surface area (TPSA) is 25.8 Å². The predicted molar refractivity (Wildman–Crippen MR) is 94.4 cm³/mol. The number of fused-ring (bicyclic) bond motifs is 3. The Hall–Kier alpha value is -0.718. The van der Waals surface area contributed by atoms with E-state index in [1.54, 1.807) is 0 Å². The van der Waals surface area contributed by atoms with Crippen LogP contribution in [0.4, 0.5) is 0 Å².